The zero-order valence-electron chi connectivity index (χ0n) is 12.5. The van der Waals surface area contributed by atoms with Crippen LogP contribution in [0, 0.1) is 5.92 Å². The van der Waals surface area contributed by atoms with Gasteiger partial charge in [-0.25, -0.2) is 0 Å². The predicted molar refractivity (Wildman–Crippen MR) is 78.9 cm³/mol. The summed E-state index contributed by atoms with van der Waals surface area (Å²) >= 11 is 0. The molecule has 0 spiro atoms. The molecule has 2 nitrogen and oxygen atoms in total. The molecule has 0 aromatic heterocycles. The fourth-order valence-electron chi connectivity index (χ4n) is 3.86. The number of nitrogens with one attached hydrogen (secondary N) is 1. The van der Waals surface area contributed by atoms with Crippen LogP contribution >= 0.6 is 0 Å². The van der Waals surface area contributed by atoms with Crippen LogP contribution in [-0.4, -0.2) is 36.6 Å². The maximum atomic E-state index is 3.75. The molecule has 0 atom stereocenters. The first-order valence-corrected chi connectivity index (χ1v) is 8.25. The van der Waals surface area contributed by atoms with Crippen molar-refractivity contribution in [3.63, 3.8) is 0 Å². The Bertz CT molecular complexity index is 229. The molecule has 0 unspecified atom stereocenters. The van der Waals surface area contributed by atoms with Gasteiger partial charge in [-0.05, 0) is 38.1 Å². The zero-order chi connectivity index (χ0) is 12.8. The average Bonchev–Trinajstić information content (AvgIpc) is 2.92. The lowest BCUT2D eigenvalue weighted by Crippen LogP contribution is -2.59. The monoisotopic (exact) mass is 252 g/mol. The molecule has 0 aromatic rings. The van der Waals surface area contributed by atoms with Crippen LogP contribution in [0.25, 0.3) is 0 Å². The zero-order valence-corrected chi connectivity index (χ0v) is 12.5. The molecule has 0 bridgehead atoms. The Labute approximate surface area is 114 Å². The summed E-state index contributed by atoms with van der Waals surface area (Å²) in [4.78, 5) is 2.71. The minimum absolute atomic E-state index is 0.408. The van der Waals surface area contributed by atoms with E-state index in [0.717, 1.165) is 5.92 Å². The van der Waals surface area contributed by atoms with E-state index in [1.54, 1.807) is 0 Å². The summed E-state index contributed by atoms with van der Waals surface area (Å²) in [7, 11) is 0. The number of rotatable bonds is 6. The highest BCUT2D eigenvalue weighted by atomic mass is 15.2. The molecular weight excluding hydrogens is 220 g/mol. The van der Waals surface area contributed by atoms with Gasteiger partial charge < -0.3 is 10.2 Å². The average molecular weight is 252 g/mol. The normalized spacial score (nSPS) is 25.7. The fraction of sp³-hybridized carbons (Fsp3) is 1.00. The number of nitrogens with zero attached hydrogens (tertiary/aromatic N) is 1. The van der Waals surface area contributed by atoms with Crippen molar-refractivity contribution in [3.8, 4) is 0 Å². The van der Waals surface area contributed by atoms with Crippen LogP contribution in [0.15, 0.2) is 0 Å². The summed E-state index contributed by atoms with van der Waals surface area (Å²) < 4.78 is 0. The molecule has 0 amide bonds. The number of hydrogen-bond acceptors (Lipinski definition) is 2. The van der Waals surface area contributed by atoms with Crippen molar-refractivity contribution in [2.45, 2.75) is 70.8 Å². The molecular formula is C16H32N2. The Morgan fingerprint density at radius 1 is 1.17 bits per heavy atom. The van der Waals surface area contributed by atoms with E-state index >= 15 is 0 Å². The van der Waals surface area contributed by atoms with Crippen LogP contribution in [0.4, 0.5) is 0 Å². The van der Waals surface area contributed by atoms with Gasteiger partial charge in [0.25, 0.3) is 0 Å². The lowest BCUT2D eigenvalue weighted by Gasteiger charge is -2.43. The van der Waals surface area contributed by atoms with Gasteiger partial charge in [-0.15, -0.1) is 0 Å². The molecule has 0 aromatic carbocycles. The highest BCUT2D eigenvalue weighted by molar-refractivity contribution is 4.92. The second-order valence-electron chi connectivity index (χ2n) is 6.48. The number of hydrogen-bond donors (Lipinski definition) is 1. The third kappa shape index (κ3) is 3.71. The minimum Gasteiger partial charge on any atom is -0.309 e. The van der Waals surface area contributed by atoms with Crippen molar-refractivity contribution in [2.75, 3.05) is 26.2 Å². The summed E-state index contributed by atoms with van der Waals surface area (Å²) in [5.74, 6) is 1.06. The van der Waals surface area contributed by atoms with Crippen molar-refractivity contribution < 1.29 is 0 Å². The fourth-order valence-corrected chi connectivity index (χ4v) is 3.86. The topological polar surface area (TPSA) is 15.3 Å². The predicted octanol–water partition coefficient (Wildman–Crippen LogP) is 3.42. The van der Waals surface area contributed by atoms with Gasteiger partial charge in [0.2, 0.25) is 0 Å². The molecule has 2 aliphatic rings. The first-order chi connectivity index (χ1) is 8.78. The Morgan fingerprint density at radius 3 is 2.56 bits per heavy atom. The highest BCUT2D eigenvalue weighted by Gasteiger charge is 2.31. The smallest absolute Gasteiger partial charge is 0.0304 e. The lowest BCUT2D eigenvalue weighted by atomic mass is 9.90. The van der Waals surface area contributed by atoms with Gasteiger partial charge in [0.1, 0.15) is 0 Å². The van der Waals surface area contributed by atoms with E-state index in [1.807, 2.05) is 0 Å². The molecule has 1 heterocycles. The SMILES string of the molecule is CCC1(CC)CN(CCCC2CCCC2)CCN1. The van der Waals surface area contributed by atoms with Crippen LogP contribution in [0.5, 0.6) is 0 Å². The van der Waals surface area contributed by atoms with Gasteiger partial charge in [0, 0.05) is 25.2 Å². The standard InChI is InChI=1S/C16H32N2/c1-3-16(4-2)14-18(13-11-17-16)12-7-10-15-8-5-6-9-15/h15,17H,3-14H2,1-2H3. The molecule has 2 fully saturated rings. The molecule has 18 heavy (non-hydrogen) atoms. The molecule has 1 N–H and O–H groups in total. The molecule has 2 heteroatoms. The number of piperazine rings is 1. The molecule has 106 valence electrons. The quantitative estimate of drug-likeness (QED) is 0.779. The Balaban J connectivity index is 1.68. The van der Waals surface area contributed by atoms with E-state index in [9.17, 15) is 0 Å². The molecule has 1 aliphatic heterocycles. The van der Waals surface area contributed by atoms with E-state index in [0.29, 0.717) is 5.54 Å². The van der Waals surface area contributed by atoms with Gasteiger partial charge in [-0.1, -0.05) is 39.5 Å². The van der Waals surface area contributed by atoms with Gasteiger partial charge in [0.15, 0.2) is 0 Å². The largest absolute Gasteiger partial charge is 0.309 e. The van der Waals surface area contributed by atoms with Crippen molar-refractivity contribution in [3.05, 3.63) is 0 Å². The van der Waals surface area contributed by atoms with E-state index < -0.39 is 0 Å². The first-order valence-electron chi connectivity index (χ1n) is 8.25. The first kappa shape index (κ1) is 14.3. The van der Waals surface area contributed by atoms with E-state index in [4.69, 9.17) is 0 Å². The summed E-state index contributed by atoms with van der Waals surface area (Å²) in [6, 6.07) is 0. The van der Waals surface area contributed by atoms with Crippen molar-refractivity contribution in [1.82, 2.24) is 10.2 Å². The van der Waals surface area contributed by atoms with Gasteiger partial charge in [-0.3, -0.25) is 0 Å². The Hall–Kier alpha value is -0.0800. The van der Waals surface area contributed by atoms with Crippen LogP contribution in [0.3, 0.4) is 0 Å². The van der Waals surface area contributed by atoms with Crippen molar-refractivity contribution in [2.24, 2.45) is 5.92 Å². The van der Waals surface area contributed by atoms with Gasteiger partial charge in [-0.2, -0.15) is 0 Å². The summed E-state index contributed by atoms with van der Waals surface area (Å²) in [6.07, 6.45) is 11.4. The van der Waals surface area contributed by atoms with Crippen LogP contribution in [-0.2, 0) is 0 Å². The Morgan fingerprint density at radius 2 is 1.89 bits per heavy atom. The highest BCUT2D eigenvalue weighted by Crippen LogP contribution is 2.28. The third-order valence-corrected chi connectivity index (χ3v) is 5.37. The van der Waals surface area contributed by atoms with E-state index in [-0.39, 0.29) is 0 Å². The summed E-state index contributed by atoms with van der Waals surface area (Å²) in [6.45, 7) is 9.71. The third-order valence-electron chi connectivity index (χ3n) is 5.37. The molecule has 1 saturated heterocycles. The van der Waals surface area contributed by atoms with E-state index in [1.165, 1.54) is 77.5 Å². The summed E-state index contributed by atoms with van der Waals surface area (Å²) in [5.41, 5.74) is 0.408. The molecule has 1 saturated carbocycles. The second-order valence-corrected chi connectivity index (χ2v) is 6.48. The maximum absolute atomic E-state index is 3.75. The van der Waals surface area contributed by atoms with Gasteiger partial charge in [0.05, 0.1) is 0 Å². The molecule has 2 rings (SSSR count). The van der Waals surface area contributed by atoms with E-state index in [2.05, 4.69) is 24.1 Å². The Kier molecular flexibility index (Phi) is 5.50. The molecule has 1 aliphatic carbocycles. The minimum atomic E-state index is 0.408. The van der Waals surface area contributed by atoms with Gasteiger partial charge >= 0.3 is 0 Å². The summed E-state index contributed by atoms with van der Waals surface area (Å²) in [5, 5.41) is 3.75. The van der Waals surface area contributed by atoms with Crippen LogP contribution < -0.4 is 5.32 Å². The second kappa shape index (κ2) is 6.91. The lowest BCUT2D eigenvalue weighted by molar-refractivity contribution is 0.121. The van der Waals surface area contributed by atoms with Crippen molar-refractivity contribution >= 4 is 0 Å². The molecule has 0 radical (unpaired) electrons. The van der Waals surface area contributed by atoms with Crippen LogP contribution in [0.1, 0.15) is 65.2 Å². The maximum Gasteiger partial charge on any atom is 0.0304 e. The van der Waals surface area contributed by atoms with Crippen LogP contribution in [0.2, 0.25) is 0 Å². The van der Waals surface area contributed by atoms with Crippen molar-refractivity contribution in [1.29, 1.82) is 0 Å².